The second kappa shape index (κ2) is 6.26. The first-order chi connectivity index (χ1) is 10.4. The van der Waals surface area contributed by atoms with Gasteiger partial charge in [0.1, 0.15) is 0 Å². The van der Waals surface area contributed by atoms with Crippen molar-refractivity contribution < 1.29 is 36.2 Å². The summed E-state index contributed by atoms with van der Waals surface area (Å²) in [7, 11) is 1.29. The van der Waals surface area contributed by atoms with Crippen molar-refractivity contribution in [3.8, 4) is 0 Å². The van der Waals surface area contributed by atoms with Crippen molar-refractivity contribution in [2.45, 2.75) is 24.9 Å². The highest BCUT2D eigenvalue weighted by molar-refractivity contribution is 5.91. The van der Waals surface area contributed by atoms with E-state index >= 15 is 0 Å². The van der Waals surface area contributed by atoms with E-state index in [1.54, 1.807) is 6.92 Å². The second-order valence-electron chi connectivity index (χ2n) is 4.65. The molecule has 0 aliphatic heterocycles. The fourth-order valence-electron chi connectivity index (χ4n) is 1.80. The Morgan fingerprint density at radius 1 is 1.09 bits per heavy atom. The minimum atomic E-state index is -5.95. The first kappa shape index (κ1) is 19.1. The Hall–Kier alpha value is -1.97. The van der Waals surface area contributed by atoms with Gasteiger partial charge in [-0.1, -0.05) is 12.1 Å². The predicted molar refractivity (Wildman–Crippen MR) is 69.9 cm³/mol. The van der Waals surface area contributed by atoms with Crippen LogP contribution in [-0.4, -0.2) is 37.1 Å². The van der Waals surface area contributed by atoms with E-state index in [1.807, 2.05) is 0 Å². The van der Waals surface area contributed by atoms with E-state index in [4.69, 9.17) is 0 Å². The number of alkyl halides is 6. The summed E-state index contributed by atoms with van der Waals surface area (Å²) in [5.74, 6) is 0. The zero-order chi connectivity index (χ0) is 18.1. The summed E-state index contributed by atoms with van der Waals surface area (Å²) in [5.41, 5.74) is -6.31. The third-order valence-electron chi connectivity index (χ3n) is 3.13. The molecule has 0 bridgehead atoms. The van der Waals surface area contributed by atoms with E-state index in [0.29, 0.717) is 18.7 Å². The first-order valence-electron chi connectivity index (χ1n) is 6.34. The molecule has 130 valence electrons. The average Bonchev–Trinajstić information content (AvgIpc) is 2.43. The fourth-order valence-corrected chi connectivity index (χ4v) is 1.80. The van der Waals surface area contributed by atoms with E-state index in [-0.39, 0.29) is 5.69 Å². The number of amides is 2. The molecule has 1 rings (SSSR count). The lowest BCUT2D eigenvalue weighted by Gasteiger charge is -2.32. The number of hydrogen-bond acceptors (Lipinski definition) is 2. The molecule has 0 aliphatic rings. The van der Waals surface area contributed by atoms with Crippen molar-refractivity contribution in [3.63, 3.8) is 0 Å². The van der Waals surface area contributed by atoms with Crippen molar-refractivity contribution in [2.75, 3.05) is 18.5 Å². The van der Waals surface area contributed by atoms with Crippen LogP contribution in [0, 0.1) is 0 Å². The number of nitrogens with zero attached hydrogens (tertiary/aromatic N) is 1. The molecule has 10 heteroatoms. The van der Waals surface area contributed by atoms with Gasteiger partial charge in [0, 0.05) is 24.8 Å². The normalized spacial score (nSPS) is 12.9. The molecule has 0 aliphatic carbocycles. The highest BCUT2D eigenvalue weighted by Gasteiger charge is 2.71. The van der Waals surface area contributed by atoms with Crippen LogP contribution in [-0.2, 0) is 5.60 Å². The molecule has 0 aromatic heterocycles. The number of urea groups is 1. The largest absolute Gasteiger partial charge is 0.430 e. The van der Waals surface area contributed by atoms with Crippen LogP contribution in [0.1, 0.15) is 12.5 Å². The molecule has 1 aromatic carbocycles. The topological polar surface area (TPSA) is 52.6 Å². The van der Waals surface area contributed by atoms with Crippen LogP contribution < -0.4 is 10.2 Å². The maximum Gasteiger partial charge on any atom is 0.430 e. The van der Waals surface area contributed by atoms with Gasteiger partial charge in [-0.3, -0.25) is 4.90 Å². The fraction of sp³-hybridized carbons (Fsp3) is 0.462. The van der Waals surface area contributed by atoms with E-state index in [2.05, 4.69) is 5.32 Å². The number of aliphatic hydroxyl groups is 1. The molecule has 0 radical (unpaired) electrons. The Balaban J connectivity index is 3.23. The molecule has 0 atom stereocenters. The lowest BCUT2D eigenvalue weighted by Crippen LogP contribution is -2.53. The highest BCUT2D eigenvalue weighted by atomic mass is 19.4. The summed E-state index contributed by atoms with van der Waals surface area (Å²) in [4.78, 5) is 12.6. The number of rotatable bonds is 3. The zero-order valence-electron chi connectivity index (χ0n) is 12.1. The Morgan fingerprint density at radius 3 is 1.87 bits per heavy atom. The van der Waals surface area contributed by atoms with Crippen LogP contribution in [0.25, 0.3) is 0 Å². The van der Waals surface area contributed by atoms with Crippen molar-refractivity contribution in [2.24, 2.45) is 0 Å². The molecule has 0 heterocycles. The predicted octanol–water partition coefficient (Wildman–Crippen LogP) is 3.16. The molecule has 0 unspecified atom stereocenters. The van der Waals surface area contributed by atoms with Crippen LogP contribution in [0.5, 0.6) is 0 Å². The van der Waals surface area contributed by atoms with Gasteiger partial charge in [0.05, 0.1) is 0 Å². The highest BCUT2D eigenvalue weighted by Crippen LogP contribution is 2.50. The SMILES string of the molecule is CCNC(=O)N(C)c1ccc(C(O)(C(F)(F)F)C(F)(F)F)cc1. The van der Waals surface area contributed by atoms with Crippen LogP contribution >= 0.6 is 0 Å². The van der Waals surface area contributed by atoms with Gasteiger partial charge < -0.3 is 10.4 Å². The lowest BCUT2D eigenvalue weighted by atomic mass is 9.92. The number of carbonyl (C=O) groups excluding carboxylic acids is 1. The van der Waals surface area contributed by atoms with Crippen LogP contribution in [0.15, 0.2) is 24.3 Å². The number of nitrogens with one attached hydrogen (secondary N) is 1. The summed E-state index contributed by atoms with van der Waals surface area (Å²) >= 11 is 0. The Kier molecular flexibility index (Phi) is 5.20. The number of anilines is 1. The Morgan fingerprint density at radius 2 is 1.52 bits per heavy atom. The average molecular weight is 344 g/mol. The quantitative estimate of drug-likeness (QED) is 0.828. The molecule has 2 amide bonds. The molecule has 0 fully saturated rings. The molecular weight excluding hydrogens is 330 g/mol. The van der Waals surface area contributed by atoms with E-state index in [9.17, 15) is 36.2 Å². The van der Waals surface area contributed by atoms with Gasteiger partial charge in [-0.2, -0.15) is 26.3 Å². The monoisotopic (exact) mass is 344 g/mol. The Bertz CT molecular complexity index is 539. The summed E-state index contributed by atoms with van der Waals surface area (Å²) in [6.07, 6.45) is -11.9. The standard InChI is InChI=1S/C13H14F6N2O2/c1-3-20-10(22)21(2)9-6-4-8(5-7-9)11(23,12(14,15)16)13(17,18)19/h4-7,23H,3H2,1-2H3,(H,20,22). The van der Waals surface area contributed by atoms with Crippen LogP contribution in [0.4, 0.5) is 36.8 Å². The molecule has 0 spiro atoms. The van der Waals surface area contributed by atoms with E-state index in [0.717, 1.165) is 17.0 Å². The molecule has 23 heavy (non-hydrogen) atoms. The Labute approximate surface area is 127 Å². The third kappa shape index (κ3) is 3.52. The van der Waals surface area contributed by atoms with Gasteiger partial charge in [0.2, 0.25) is 0 Å². The minimum Gasteiger partial charge on any atom is -0.369 e. The van der Waals surface area contributed by atoms with Crippen molar-refractivity contribution >= 4 is 11.7 Å². The number of benzene rings is 1. The van der Waals surface area contributed by atoms with Crippen molar-refractivity contribution in [1.82, 2.24) is 5.32 Å². The summed E-state index contributed by atoms with van der Waals surface area (Å²) in [5, 5.41) is 11.7. The maximum absolute atomic E-state index is 12.7. The first-order valence-corrected chi connectivity index (χ1v) is 6.34. The number of carbonyl (C=O) groups is 1. The van der Waals surface area contributed by atoms with Gasteiger partial charge in [-0.05, 0) is 19.1 Å². The lowest BCUT2D eigenvalue weighted by molar-refractivity contribution is -0.376. The summed E-state index contributed by atoms with van der Waals surface area (Å²) < 4.78 is 76.4. The maximum atomic E-state index is 12.7. The molecular formula is C13H14F6N2O2. The second-order valence-corrected chi connectivity index (χ2v) is 4.65. The molecule has 1 aromatic rings. The summed E-state index contributed by atoms with van der Waals surface area (Å²) in [6.45, 7) is 1.94. The van der Waals surface area contributed by atoms with Gasteiger partial charge in [0.25, 0.3) is 5.60 Å². The van der Waals surface area contributed by atoms with E-state index < -0.39 is 29.5 Å². The van der Waals surface area contributed by atoms with Crippen molar-refractivity contribution in [1.29, 1.82) is 0 Å². The van der Waals surface area contributed by atoms with Crippen LogP contribution in [0.2, 0.25) is 0 Å². The van der Waals surface area contributed by atoms with Gasteiger partial charge >= 0.3 is 18.4 Å². The van der Waals surface area contributed by atoms with Gasteiger partial charge in [0.15, 0.2) is 0 Å². The zero-order valence-corrected chi connectivity index (χ0v) is 12.1. The summed E-state index contributed by atoms with van der Waals surface area (Å²) in [6, 6.07) is 2.14. The van der Waals surface area contributed by atoms with Crippen LogP contribution in [0.3, 0.4) is 0 Å². The molecule has 2 N–H and O–H groups in total. The minimum absolute atomic E-state index is 0.0615. The number of hydrogen-bond donors (Lipinski definition) is 2. The molecule has 0 saturated carbocycles. The van der Waals surface area contributed by atoms with Gasteiger partial charge in [-0.25, -0.2) is 4.79 Å². The third-order valence-corrected chi connectivity index (χ3v) is 3.13. The van der Waals surface area contributed by atoms with Crippen molar-refractivity contribution in [3.05, 3.63) is 29.8 Å². The van der Waals surface area contributed by atoms with Gasteiger partial charge in [-0.15, -0.1) is 0 Å². The van der Waals surface area contributed by atoms with E-state index in [1.165, 1.54) is 7.05 Å². The smallest absolute Gasteiger partial charge is 0.369 e. The number of halogens is 6. The molecule has 4 nitrogen and oxygen atoms in total. The molecule has 0 saturated heterocycles.